The molecule has 3 rings (SSSR count). The lowest BCUT2D eigenvalue weighted by molar-refractivity contribution is -0.144. The summed E-state index contributed by atoms with van der Waals surface area (Å²) in [6.45, 7) is 2.84. The Morgan fingerprint density at radius 2 is 2.05 bits per heavy atom. The van der Waals surface area contributed by atoms with E-state index in [1.165, 1.54) is 19.3 Å². The Balaban J connectivity index is 1.75. The lowest BCUT2D eigenvalue weighted by Gasteiger charge is -2.43. The summed E-state index contributed by atoms with van der Waals surface area (Å²) < 4.78 is 6.29. The Morgan fingerprint density at radius 1 is 1.25 bits per heavy atom. The summed E-state index contributed by atoms with van der Waals surface area (Å²) in [5, 5.41) is 0. The van der Waals surface area contributed by atoms with Gasteiger partial charge in [0.2, 0.25) is 5.91 Å². The summed E-state index contributed by atoms with van der Waals surface area (Å²) in [5.74, 6) is 0.343. The quantitative estimate of drug-likeness (QED) is 0.578. The number of unbranched alkanes of at least 4 members (excludes halogenated alkanes) is 1. The van der Waals surface area contributed by atoms with Crippen molar-refractivity contribution in [3.8, 4) is 0 Å². The number of carbonyl (C=O) groups excluding carboxylic acids is 1. The molecule has 2 aliphatic heterocycles. The monoisotopic (exact) mass is 277 g/mol. The van der Waals surface area contributed by atoms with Gasteiger partial charge >= 0.3 is 0 Å². The number of rotatable bonds is 4. The van der Waals surface area contributed by atoms with E-state index in [1.807, 2.05) is 0 Å². The second-order valence-corrected chi connectivity index (χ2v) is 6.71. The lowest BCUT2D eigenvalue weighted by Crippen LogP contribution is -2.54. The molecule has 1 aliphatic carbocycles. The lowest BCUT2D eigenvalue weighted by atomic mass is 9.81. The van der Waals surface area contributed by atoms with Gasteiger partial charge in [-0.3, -0.25) is 4.79 Å². The van der Waals surface area contributed by atoms with Gasteiger partial charge in [0, 0.05) is 12.8 Å². The number of carbonyl (C=O) groups is 1. The largest absolute Gasteiger partial charge is 0.353 e. The molecule has 3 fully saturated rings. The fourth-order valence-corrected chi connectivity index (χ4v) is 4.47. The van der Waals surface area contributed by atoms with Crippen molar-refractivity contribution in [1.29, 1.82) is 0 Å². The first-order valence-electron chi connectivity index (χ1n) is 8.31. The highest BCUT2D eigenvalue weighted by Gasteiger charge is 2.60. The number of hydrogen-bond acceptors (Lipinski definition) is 2. The third kappa shape index (κ3) is 2.20. The average Bonchev–Trinajstić information content (AvgIpc) is 2.95. The molecular weight excluding hydrogens is 250 g/mol. The second kappa shape index (κ2) is 5.51. The van der Waals surface area contributed by atoms with Crippen LogP contribution in [0.5, 0.6) is 0 Å². The second-order valence-electron chi connectivity index (χ2n) is 6.71. The van der Waals surface area contributed by atoms with E-state index < -0.39 is 0 Å². The van der Waals surface area contributed by atoms with Gasteiger partial charge in [-0.25, -0.2) is 0 Å². The molecule has 0 radical (unpaired) electrons. The van der Waals surface area contributed by atoms with Crippen LogP contribution in [-0.4, -0.2) is 28.7 Å². The third-order valence-electron chi connectivity index (χ3n) is 5.43. The molecule has 112 valence electrons. The number of amides is 1. The van der Waals surface area contributed by atoms with Crippen LogP contribution in [0.25, 0.3) is 0 Å². The molecule has 0 unspecified atom stereocenters. The minimum Gasteiger partial charge on any atom is -0.353 e. The van der Waals surface area contributed by atoms with Crippen LogP contribution in [0.15, 0.2) is 12.2 Å². The SMILES string of the molecule is C/C=C/CCC[C@]12CCC(=O)N1C1(CCCCC1)CO2. The maximum atomic E-state index is 12.5. The van der Waals surface area contributed by atoms with E-state index in [4.69, 9.17) is 4.74 Å². The normalized spacial score (nSPS) is 32.5. The molecule has 0 aromatic rings. The van der Waals surface area contributed by atoms with Gasteiger partial charge in [0.25, 0.3) is 0 Å². The molecule has 2 heterocycles. The molecular formula is C17H27NO2. The molecule has 1 atom stereocenters. The Morgan fingerprint density at radius 3 is 2.80 bits per heavy atom. The van der Waals surface area contributed by atoms with Gasteiger partial charge < -0.3 is 9.64 Å². The molecule has 3 heteroatoms. The van der Waals surface area contributed by atoms with Crippen LogP contribution in [0, 0.1) is 0 Å². The maximum Gasteiger partial charge on any atom is 0.225 e. The first-order chi connectivity index (χ1) is 9.72. The Kier molecular flexibility index (Phi) is 3.89. The number of ether oxygens (including phenoxy) is 1. The number of nitrogens with zero attached hydrogens (tertiary/aromatic N) is 1. The summed E-state index contributed by atoms with van der Waals surface area (Å²) >= 11 is 0. The van der Waals surface area contributed by atoms with Crippen molar-refractivity contribution in [1.82, 2.24) is 4.90 Å². The van der Waals surface area contributed by atoms with E-state index in [9.17, 15) is 4.79 Å². The molecule has 0 bridgehead atoms. The summed E-state index contributed by atoms with van der Waals surface area (Å²) in [4.78, 5) is 14.7. The molecule has 0 N–H and O–H groups in total. The number of hydrogen-bond donors (Lipinski definition) is 0. The van der Waals surface area contributed by atoms with Crippen molar-refractivity contribution >= 4 is 5.91 Å². The Hall–Kier alpha value is -0.830. The van der Waals surface area contributed by atoms with E-state index in [0.717, 1.165) is 45.1 Å². The van der Waals surface area contributed by atoms with E-state index in [1.54, 1.807) is 0 Å². The van der Waals surface area contributed by atoms with Gasteiger partial charge in [0.1, 0.15) is 5.72 Å². The zero-order chi connectivity index (χ0) is 14.1. The fraction of sp³-hybridized carbons (Fsp3) is 0.824. The van der Waals surface area contributed by atoms with Gasteiger partial charge in [-0.2, -0.15) is 0 Å². The van der Waals surface area contributed by atoms with Crippen molar-refractivity contribution in [3.63, 3.8) is 0 Å². The van der Waals surface area contributed by atoms with Crippen LogP contribution in [0.4, 0.5) is 0 Å². The predicted octanol–water partition coefficient (Wildman–Crippen LogP) is 3.78. The van der Waals surface area contributed by atoms with Crippen LogP contribution < -0.4 is 0 Å². The van der Waals surface area contributed by atoms with E-state index in [-0.39, 0.29) is 11.3 Å². The summed E-state index contributed by atoms with van der Waals surface area (Å²) in [7, 11) is 0. The van der Waals surface area contributed by atoms with Gasteiger partial charge in [-0.1, -0.05) is 31.4 Å². The first-order valence-corrected chi connectivity index (χ1v) is 8.31. The molecule has 1 amide bonds. The van der Waals surface area contributed by atoms with Crippen molar-refractivity contribution < 1.29 is 9.53 Å². The van der Waals surface area contributed by atoms with Crippen LogP contribution in [0.2, 0.25) is 0 Å². The maximum absolute atomic E-state index is 12.5. The molecule has 1 saturated carbocycles. The van der Waals surface area contributed by atoms with E-state index in [0.29, 0.717) is 12.3 Å². The van der Waals surface area contributed by atoms with Crippen molar-refractivity contribution in [2.24, 2.45) is 0 Å². The minimum absolute atomic E-state index is 0.0480. The highest BCUT2D eigenvalue weighted by molar-refractivity contribution is 5.80. The average molecular weight is 277 g/mol. The van der Waals surface area contributed by atoms with Gasteiger partial charge in [-0.15, -0.1) is 0 Å². The van der Waals surface area contributed by atoms with Crippen molar-refractivity contribution in [2.45, 2.75) is 82.4 Å². The molecule has 3 nitrogen and oxygen atoms in total. The van der Waals surface area contributed by atoms with E-state index >= 15 is 0 Å². The highest BCUT2D eigenvalue weighted by Crippen LogP contribution is 2.51. The topological polar surface area (TPSA) is 29.5 Å². The molecule has 0 aromatic heterocycles. The Labute approximate surface area is 122 Å². The molecule has 2 saturated heterocycles. The highest BCUT2D eigenvalue weighted by atomic mass is 16.5. The molecule has 3 aliphatic rings. The van der Waals surface area contributed by atoms with Crippen molar-refractivity contribution in [3.05, 3.63) is 12.2 Å². The van der Waals surface area contributed by atoms with Crippen LogP contribution in [-0.2, 0) is 9.53 Å². The van der Waals surface area contributed by atoms with Crippen LogP contribution >= 0.6 is 0 Å². The van der Waals surface area contributed by atoms with Crippen molar-refractivity contribution in [2.75, 3.05) is 6.61 Å². The third-order valence-corrected chi connectivity index (χ3v) is 5.43. The smallest absolute Gasteiger partial charge is 0.225 e. The zero-order valence-corrected chi connectivity index (χ0v) is 12.7. The summed E-state index contributed by atoms with van der Waals surface area (Å²) in [6.07, 6.45) is 15.2. The van der Waals surface area contributed by atoms with Gasteiger partial charge in [0.15, 0.2) is 0 Å². The standard InChI is InChI=1S/C17H27NO2/c1-2-3-4-8-12-17-13-9-15(19)18(17)16(14-20-17)10-6-5-7-11-16/h2-3H,4-14H2,1H3/b3-2+/t17-/m0/s1. The van der Waals surface area contributed by atoms with Gasteiger partial charge in [0.05, 0.1) is 12.1 Å². The summed E-state index contributed by atoms with van der Waals surface area (Å²) in [6, 6.07) is 0. The van der Waals surface area contributed by atoms with Crippen LogP contribution in [0.3, 0.4) is 0 Å². The Bertz CT molecular complexity index is 398. The predicted molar refractivity (Wildman–Crippen MR) is 79.2 cm³/mol. The molecule has 0 aromatic carbocycles. The van der Waals surface area contributed by atoms with Gasteiger partial charge in [-0.05, 0) is 39.0 Å². The summed E-state index contributed by atoms with van der Waals surface area (Å²) in [5.41, 5.74) is -0.206. The van der Waals surface area contributed by atoms with Crippen LogP contribution in [0.1, 0.15) is 71.1 Å². The first kappa shape index (κ1) is 14.1. The zero-order valence-electron chi connectivity index (χ0n) is 12.7. The fourth-order valence-electron chi connectivity index (χ4n) is 4.47. The number of fused-ring (bicyclic) bond motifs is 2. The van der Waals surface area contributed by atoms with E-state index in [2.05, 4.69) is 24.0 Å². The number of allylic oxidation sites excluding steroid dienone is 2. The minimum atomic E-state index is -0.254. The molecule has 20 heavy (non-hydrogen) atoms. The molecule has 1 spiro atoms.